The SMILES string of the molecule is COc1ccc(C(C)(C)CNC2=NCC3CN(C(=O)OC(C)(C)C)CCN23)cc1. The van der Waals surface area contributed by atoms with Crippen LogP contribution in [0.1, 0.15) is 40.2 Å². The number of carbonyl (C=O) groups excluding carboxylic acids is 1. The Morgan fingerprint density at radius 3 is 2.48 bits per heavy atom. The first-order valence-electron chi connectivity index (χ1n) is 10.3. The second kappa shape index (κ2) is 8.13. The highest BCUT2D eigenvalue weighted by atomic mass is 16.6. The highest BCUT2D eigenvalue weighted by molar-refractivity contribution is 5.82. The van der Waals surface area contributed by atoms with Crippen molar-refractivity contribution in [3.8, 4) is 5.75 Å². The summed E-state index contributed by atoms with van der Waals surface area (Å²) in [6, 6.07) is 8.42. The molecule has 160 valence electrons. The molecule has 0 radical (unpaired) electrons. The number of piperazine rings is 1. The minimum atomic E-state index is -0.472. The molecule has 2 aliphatic heterocycles. The summed E-state index contributed by atoms with van der Waals surface area (Å²) in [4.78, 5) is 21.2. The molecule has 0 spiro atoms. The average molecular weight is 403 g/mol. The third-order valence-electron chi connectivity index (χ3n) is 5.42. The van der Waals surface area contributed by atoms with E-state index < -0.39 is 5.60 Å². The van der Waals surface area contributed by atoms with Crippen LogP contribution in [0.15, 0.2) is 29.3 Å². The number of aliphatic imine (C=N–C) groups is 1. The van der Waals surface area contributed by atoms with E-state index in [-0.39, 0.29) is 17.6 Å². The third-order valence-corrected chi connectivity index (χ3v) is 5.42. The molecule has 0 aromatic heterocycles. The minimum Gasteiger partial charge on any atom is -0.497 e. The van der Waals surface area contributed by atoms with Crippen molar-refractivity contribution in [3.05, 3.63) is 29.8 Å². The van der Waals surface area contributed by atoms with Gasteiger partial charge in [0.2, 0.25) is 0 Å². The van der Waals surface area contributed by atoms with Crippen molar-refractivity contribution in [2.45, 2.75) is 51.7 Å². The van der Waals surface area contributed by atoms with Crippen molar-refractivity contribution < 1.29 is 14.3 Å². The molecular formula is C22H34N4O3. The quantitative estimate of drug-likeness (QED) is 0.839. The number of methoxy groups -OCH3 is 1. The summed E-state index contributed by atoms with van der Waals surface area (Å²) in [5, 5.41) is 3.54. The van der Waals surface area contributed by atoms with Crippen molar-refractivity contribution in [1.82, 2.24) is 15.1 Å². The molecule has 1 aromatic carbocycles. The molecule has 2 aliphatic rings. The maximum Gasteiger partial charge on any atom is 0.410 e. The van der Waals surface area contributed by atoms with Crippen molar-refractivity contribution in [3.63, 3.8) is 0 Å². The molecule has 29 heavy (non-hydrogen) atoms. The second-order valence-electron chi connectivity index (χ2n) is 9.40. The van der Waals surface area contributed by atoms with Crippen LogP contribution in [0.4, 0.5) is 4.79 Å². The van der Waals surface area contributed by atoms with Gasteiger partial charge in [0.05, 0.1) is 19.7 Å². The van der Waals surface area contributed by atoms with Gasteiger partial charge in [-0.3, -0.25) is 4.99 Å². The normalized spacial score (nSPS) is 19.5. The van der Waals surface area contributed by atoms with Crippen molar-refractivity contribution >= 4 is 12.1 Å². The van der Waals surface area contributed by atoms with Gasteiger partial charge in [-0.05, 0) is 38.5 Å². The van der Waals surface area contributed by atoms with Crippen LogP contribution in [-0.4, -0.2) is 73.3 Å². The van der Waals surface area contributed by atoms with Crippen LogP contribution in [0, 0.1) is 0 Å². The smallest absolute Gasteiger partial charge is 0.410 e. The predicted octanol–water partition coefficient (Wildman–Crippen LogP) is 2.85. The lowest BCUT2D eigenvalue weighted by Gasteiger charge is -2.39. The van der Waals surface area contributed by atoms with Crippen molar-refractivity contribution in [1.29, 1.82) is 0 Å². The summed E-state index contributed by atoms with van der Waals surface area (Å²) < 4.78 is 10.8. The Hall–Kier alpha value is -2.44. The first-order valence-corrected chi connectivity index (χ1v) is 10.3. The number of hydrogen-bond donors (Lipinski definition) is 1. The zero-order valence-corrected chi connectivity index (χ0v) is 18.5. The lowest BCUT2D eigenvalue weighted by Crippen LogP contribution is -2.58. The van der Waals surface area contributed by atoms with Gasteiger partial charge in [0.1, 0.15) is 11.4 Å². The molecule has 7 heteroatoms. The summed E-state index contributed by atoms with van der Waals surface area (Å²) in [6.45, 7) is 13.6. The van der Waals surface area contributed by atoms with E-state index in [4.69, 9.17) is 14.5 Å². The molecule has 0 aliphatic carbocycles. The van der Waals surface area contributed by atoms with E-state index in [9.17, 15) is 4.79 Å². The number of rotatable bonds is 4. The van der Waals surface area contributed by atoms with E-state index in [1.807, 2.05) is 32.9 Å². The molecule has 1 atom stereocenters. The summed E-state index contributed by atoms with van der Waals surface area (Å²) in [5.74, 6) is 1.80. The molecule has 7 nitrogen and oxygen atoms in total. The van der Waals surface area contributed by atoms with E-state index in [0.717, 1.165) is 24.8 Å². The maximum absolute atomic E-state index is 12.4. The van der Waals surface area contributed by atoms with Crippen LogP contribution in [0.2, 0.25) is 0 Å². The van der Waals surface area contributed by atoms with Gasteiger partial charge in [-0.2, -0.15) is 0 Å². The fourth-order valence-electron chi connectivity index (χ4n) is 3.67. The summed E-state index contributed by atoms with van der Waals surface area (Å²) in [5.41, 5.74) is 0.724. The van der Waals surface area contributed by atoms with Crippen LogP contribution < -0.4 is 10.1 Å². The maximum atomic E-state index is 12.4. The number of benzene rings is 1. The monoisotopic (exact) mass is 402 g/mol. The van der Waals surface area contributed by atoms with Crippen molar-refractivity contribution in [2.75, 3.05) is 39.8 Å². The third kappa shape index (κ3) is 5.14. The number of hydrogen-bond acceptors (Lipinski definition) is 6. The molecule has 1 unspecified atom stereocenters. The number of ether oxygens (including phenoxy) is 2. The van der Waals surface area contributed by atoms with Gasteiger partial charge in [0.15, 0.2) is 5.96 Å². The van der Waals surface area contributed by atoms with Crippen LogP contribution >= 0.6 is 0 Å². The van der Waals surface area contributed by atoms with Crippen LogP contribution in [0.25, 0.3) is 0 Å². The topological polar surface area (TPSA) is 66.4 Å². The summed E-state index contributed by atoms with van der Waals surface area (Å²) >= 11 is 0. The van der Waals surface area contributed by atoms with Gasteiger partial charge in [0, 0.05) is 31.6 Å². The molecular weight excluding hydrogens is 368 g/mol. The molecule has 0 saturated carbocycles. The van der Waals surface area contributed by atoms with Gasteiger partial charge in [0.25, 0.3) is 0 Å². The first kappa shape index (κ1) is 21.3. The lowest BCUT2D eigenvalue weighted by atomic mass is 9.84. The number of nitrogens with one attached hydrogen (secondary N) is 1. The fourth-order valence-corrected chi connectivity index (χ4v) is 3.67. The standard InChI is InChI=1S/C22H34N4O3/c1-21(2,3)29-20(27)25-11-12-26-17(14-25)13-23-19(26)24-15-22(4,5)16-7-9-18(28-6)10-8-16/h7-10,17H,11-15H2,1-6H3,(H,23,24). The fraction of sp³-hybridized carbons (Fsp3) is 0.636. The highest BCUT2D eigenvalue weighted by Crippen LogP contribution is 2.25. The molecule has 3 rings (SSSR count). The zero-order chi connectivity index (χ0) is 21.2. The molecule has 1 saturated heterocycles. The largest absolute Gasteiger partial charge is 0.497 e. The molecule has 0 bridgehead atoms. The van der Waals surface area contributed by atoms with E-state index in [1.165, 1.54) is 5.56 Å². The number of carbonyl (C=O) groups is 1. The number of fused-ring (bicyclic) bond motifs is 1. The Morgan fingerprint density at radius 2 is 1.86 bits per heavy atom. The van der Waals surface area contributed by atoms with Gasteiger partial charge in [-0.25, -0.2) is 4.79 Å². The van der Waals surface area contributed by atoms with Crippen LogP contribution in [-0.2, 0) is 10.2 Å². The van der Waals surface area contributed by atoms with Gasteiger partial charge >= 0.3 is 6.09 Å². The van der Waals surface area contributed by atoms with E-state index in [0.29, 0.717) is 19.6 Å². The molecule has 1 amide bonds. The Labute approximate surface area is 174 Å². The Bertz CT molecular complexity index is 752. The van der Waals surface area contributed by atoms with Gasteiger partial charge < -0.3 is 24.6 Å². The molecule has 1 fully saturated rings. The second-order valence-corrected chi connectivity index (χ2v) is 9.40. The molecule has 2 heterocycles. The number of amides is 1. The van der Waals surface area contributed by atoms with E-state index in [1.54, 1.807) is 12.0 Å². The average Bonchev–Trinajstić information content (AvgIpc) is 3.07. The van der Waals surface area contributed by atoms with Crippen molar-refractivity contribution in [2.24, 2.45) is 4.99 Å². The summed E-state index contributed by atoms with van der Waals surface area (Å²) in [6.07, 6.45) is -0.237. The van der Waals surface area contributed by atoms with Crippen LogP contribution in [0.3, 0.4) is 0 Å². The predicted molar refractivity (Wildman–Crippen MR) is 115 cm³/mol. The minimum absolute atomic E-state index is 0.0504. The number of nitrogens with zero attached hydrogens (tertiary/aromatic N) is 3. The Morgan fingerprint density at radius 1 is 1.17 bits per heavy atom. The van der Waals surface area contributed by atoms with E-state index >= 15 is 0 Å². The summed E-state index contributed by atoms with van der Waals surface area (Å²) in [7, 11) is 1.68. The highest BCUT2D eigenvalue weighted by Gasteiger charge is 2.36. The van der Waals surface area contributed by atoms with Crippen LogP contribution in [0.5, 0.6) is 5.75 Å². The first-order chi connectivity index (χ1) is 13.6. The zero-order valence-electron chi connectivity index (χ0n) is 18.5. The van der Waals surface area contributed by atoms with Gasteiger partial charge in [-0.1, -0.05) is 26.0 Å². The molecule has 1 N–H and O–H groups in total. The number of guanidine groups is 1. The van der Waals surface area contributed by atoms with Gasteiger partial charge in [-0.15, -0.1) is 0 Å². The Balaban J connectivity index is 1.54. The van der Waals surface area contributed by atoms with E-state index in [2.05, 4.69) is 36.2 Å². The Kier molecular flexibility index (Phi) is 5.96. The molecule has 1 aromatic rings. The lowest BCUT2D eigenvalue weighted by molar-refractivity contribution is 0.0137.